The second kappa shape index (κ2) is 3.73. The Morgan fingerprint density at radius 2 is 2.00 bits per heavy atom. The van der Waals surface area contributed by atoms with Crippen LogP contribution in [0.25, 0.3) is 0 Å². The average Bonchev–Trinajstić information content (AvgIpc) is 2.95. The summed E-state index contributed by atoms with van der Waals surface area (Å²) in [6.45, 7) is 2.25. The maximum Gasteiger partial charge on any atom is 0.326 e. The molecule has 1 saturated heterocycles. The molecule has 0 aromatic carbocycles. The van der Waals surface area contributed by atoms with Crippen LogP contribution < -0.4 is 5.73 Å². The molecule has 1 saturated carbocycles. The number of carboxylic acids is 1. The van der Waals surface area contributed by atoms with Crippen molar-refractivity contribution in [1.29, 1.82) is 0 Å². The molecule has 3 N–H and O–H groups in total. The second-order valence-corrected chi connectivity index (χ2v) is 5.05. The van der Waals surface area contributed by atoms with Gasteiger partial charge in [-0.1, -0.05) is 0 Å². The molecule has 1 aliphatic carbocycles. The minimum atomic E-state index is -0.919. The van der Waals surface area contributed by atoms with Crippen LogP contribution in [0.5, 0.6) is 0 Å². The first-order chi connectivity index (χ1) is 7.44. The quantitative estimate of drug-likeness (QED) is 0.719. The van der Waals surface area contributed by atoms with Crippen LogP contribution in [-0.2, 0) is 9.59 Å². The van der Waals surface area contributed by atoms with Crippen LogP contribution in [0.4, 0.5) is 0 Å². The zero-order chi connectivity index (χ0) is 11.9. The fourth-order valence-electron chi connectivity index (χ4n) is 2.43. The molecular formula is C11H18N2O3. The molecule has 2 aliphatic rings. The van der Waals surface area contributed by atoms with Gasteiger partial charge in [-0.15, -0.1) is 0 Å². The molecule has 0 aromatic rings. The maximum atomic E-state index is 12.2. The summed E-state index contributed by atoms with van der Waals surface area (Å²) in [4.78, 5) is 24.6. The summed E-state index contributed by atoms with van der Waals surface area (Å²) in [5.74, 6) is -0.882. The van der Waals surface area contributed by atoms with Gasteiger partial charge in [-0.25, -0.2) is 4.79 Å². The van der Waals surface area contributed by atoms with Crippen LogP contribution >= 0.6 is 0 Å². The van der Waals surface area contributed by atoms with Gasteiger partial charge >= 0.3 is 5.97 Å². The summed E-state index contributed by atoms with van der Waals surface area (Å²) in [6.07, 6.45) is 3.25. The lowest BCUT2D eigenvalue weighted by Gasteiger charge is -2.31. The summed E-state index contributed by atoms with van der Waals surface area (Å²) in [5, 5.41) is 9.02. The molecule has 0 radical (unpaired) electrons. The van der Waals surface area contributed by atoms with Gasteiger partial charge in [-0.2, -0.15) is 0 Å². The topological polar surface area (TPSA) is 83.6 Å². The maximum absolute atomic E-state index is 12.2. The first-order valence-electron chi connectivity index (χ1n) is 5.77. The predicted molar refractivity (Wildman–Crippen MR) is 57.7 cm³/mol. The number of hydrogen-bond donors (Lipinski definition) is 2. The Labute approximate surface area is 94.6 Å². The summed E-state index contributed by atoms with van der Waals surface area (Å²) < 4.78 is 0. The van der Waals surface area contributed by atoms with Crippen molar-refractivity contribution in [3.8, 4) is 0 Å². The van der Waals surface area contributed by atoms with E-state index in [1.165, 1.54) is 4.90 Å². The van der Waals surface area contributed by atoms with Gasteiger partial charge < -0.3 is 15.7 Å². The van der Waals surface area contributed by atoms with Gasteiger partial charge in [-0.05, 0) is 38.5 Å². The SMILES string of the molecule is CC(N)(C(=O)N1CCC[C@@H]1C(=O)O)C1CC1. The van der Waals surface area contributed by atoms with Crippen molar-refractivity contribution in [2.75, 3.05) is 6.54 Å². The molecule has 0 bridgehead atoms. The van der Waals surface area contributed by atoms with E-state index in [-0.39, 0.29) is 11.8 Å². The van der Waals surface area contributed by atoms with Crippen LogP contribution in [0.2, 0.25) is 0 Å². The highest BCUT2D eigenvalue weighted by Gasteiger charge is 2.48. The molecule has 5 nitrogen and oxygen atoms in total. The fourth-order valence-corrected chi connectivity index (χ4v) is 2.43. The molecule has 0 aromatic heterocycles. The third-order valence-electron chi connectivity index (χ3n) is 3.68. The zero-order valence-corrected chi connectivity index (χ0v) is 9.48. The first kappa shape index (κ1) is 11.4. The van der Waals surface area contributed by atoms with Gasteiger partial charge in [0.25, 0.3) is 0 Å². The second-order valence-electron chi connectivity index (χ2n) is 5.05. The van der Waals surface area contributed by atoms with Crippen molar-refractivity contribution < 1.29 is 14.7 Å². The molecular weight excluding hydrogens is 208 g/mol. The Morgan fingerprint density at radius 1 is 1.38 bits per heavy atom. The molecule has 1 heterocycles. The van der Waals surface area contributed by atoms with E-state index in [0.29, 0.717) is 13.0 Å². The Kier molecular flexibility index (Phi) is 2.66. The van der Waals surface area contributed by atoms with Crippen LogP contribution in [0.15, 0.2) is 0 Å². The van der Waals surface area contributed by atoms with Gasteiger partial charge in [0.05, 0.1) is 5.54 Å². The Bertz CT molecular complexity index is 323. The lowest BCUT2D eigenvalue weighted by Crippen LogP contribution is -2.57. The normalized spacial score (nSPS) is 28.9. The van der Waals surface area contributed by atoms with E-state index in [2.05, 4.69) is 0 Å². The molecule has 5 heteroatoms. The number of amides is 1. The van der Waals surface area contributed by atoms with Crippen molar-refractivity contribution >= 4 is 11.9 Å². The van der Waals surface area contributed by atoms with Crippen molar-refractivity contribution in [3.63, 3.8) is 0 Å². The molecule has 2 rings (SSSR count). The fraction of sp³-hybridized carbons (Fsp3) is 0.818. The number of nitrogens with two attached hydrogens (primary N) is 1. The number of carbonyl (C=O) groups is 2. The lowest BCUT2D eigenvalue weighted by molar-refractivity contribution is -0.150. The molecule has 1 aliphatic heterocycles. The number of likely N-dealkylation sites (tertiary alicyclic amines) is 1. The summed E-state index contributed by atoms with van der Waals surface area (Å²) >= 11 is 0. The number of nitrogens with zero attached hydrogens (tertiary/aromatic N) is 1. The Morgan fingerprint density at radius 3 is 2.50 bits per heavy atom. The summed E-state index contributed by atoms with van der Waals surface area (Å²) in [5.41, 5.74) is 5.15. The number of carbonyl (C=O) groups excluding carboxylic acids is 1. The predicted octanol–water partition coefficient (Wildman–Crippen LogP) is 0.189. The molecule has 2 atom stereocenters. The lowest BCUT2D eigenvalue weighted by atomic mass is 9.95. The van der Waals surface area contributed by atoms with E-state index in [1.54, 1.807) is 6.92 Å². The molecule has 1 amide bonds. The third-order valence-corrected chi connectivity index (χ3v) is 3.68. The van der Waals surface area contributed by atoms with E-state index in [4.69, 9.17) is 10.8 Å². The smallest absolute Gasteiger partial charge is 0.326 e. The van der Waals surface area contributed by atoms with Crippen molar-refractivity contribution in [3.05, 3.63) is 0 Å². The molecule has 16 heavy (non-hydrogen) atoms. The van der Waals surface area contributed by atoms with Crippen molar-refractivity contribution in [1.82, 2.24) is 4.90 Å². The standard InChI is InChI=1S/C11H18N2O3/c1-11(12,7-4-5-7)10(16)13-6-2-3-8(13)9(14)15/h7-8H,2-6,12H2,1H3,(H,14,15)/t8-,11?/m1/s1. The van der Waals surface area contributed by atoms with Crippen molar-refractivity contribution in [2.24, 2.45) is 11.7 Å². The van der Waals surface area contributed by atoms with E-state index in [0.717, 1.165) is 19.3 Å². The minimum absolute atomic E-state index is 0.195. The summed E-state index contributed by atoms with van der Waals surface area (Å²) in [6, 6.07) is -0.672. The van der Waals surface area contributed by atoms with Gasteiger partial charge in [0.2, 0.25) is 5.91 Å². The van der Waals surface area contributed by atoms with Crippen molar-refractivity contribution in [2.45, 2.75) is 44.2 Å². The average molecular weight is 226 g/mol. The number of hydrogen-bond acceptors (Lipinski definition) is 3. The number of rotatable bonds is 3. The Balaban J connectivity index is 2.11. The molecule has 90 valence electrons. The first-order valence-corrected chi connectivity index (χ1v) is 5.77. The van der Waals surface area contributed by atoms with Gasteiger partial charge in [0.1, 0.15) is 6.04 Å². The summed E-state index contributed by atoms with van der Waals surface area (Å²) in [7, 11) is 0. The van der Waals surface area contributed by atoms with Gasteiger partial charge in [0, 0.05) is 6.54 Å². The van der Waals surface area contributed by atoms with Crippen LogP contribution in [0.3, 0.4) is 0 Å². The molecule has 0 spiro atoms. The van der Waals surface area contributed by atoms with E-state index >= 15 is 0 Å². The van der Waals surface area contributed by atoms with E-state index in [1.807, 2.05) is 0 Å². The minimum Gasteiger partial charge on any atom is -0.480 e. The molecule has 1 unspecified atom stereocenters. The van der Waals surface area contributed by atoms with Crippen LogP contribution in [0, 0.1) is 5.92 Å². The highest BCUT2D eigenvalue weighted by atomic mass is 16.4. The third kappa shape index (κ3) is 1.80. The number of aliphatic carboxylic acids is 1. The largest absolute Gasteiger partial charge is 0.480 e. The highest BCUT2D eigenvalue weighted by Crippen LogP contribution is 2.39. The Hall–Kier alpha value is -1.10. The number of carboxylic acid groups (broad SMARTS) is 1. The monoisotopic (exact) mass is 226 g/mol. The zero-order valence-electron chi connectivity index (χ0n) is 9.48. The highest BCUT2D eigenvalue weighted by molar-refractivity contribution is 5.90. The molecule has 2 fully saturated rings. The van der Waals surface area contributed by atoms with Crippen LogP contribution in [-0.4, -0.2) is 40.0 Å². The van der Waals surface area contributed by atoms with E-state index < -0.39 is 17.6 Å². The van der Waals surface area contributed by atoms with Crippen LogP contribution in [0.1, 0.15) is 32.6 Å². The van der Waals surface area contributed by atoms with Gasteiger partial charge in [0.15, 0.2) is 0 Å². The van der Waals surface area contributed by atoms with E-state index in [9.17, 15) is 9.59 Å². The van der Waals surface area contributed by atoms with Gasteiger partial charge in [-0.3, -0.25) is 4.79 Å².